The fourth-order valence-electron chi connectivity index (χ4n) is 1.43. The maximum absolute atomic E-state index is 11.8. The van der Waals surface area contributed by atoms with E-state index >= 15 is 0 Å². The zero-order valence-electron chi connectivity index (χ0n) is 9.77. The summed E-state index contributed by atoms with van der Waals surface area (Å²) < 4.78 is 5.00. The predicted octanol–water partition coefficient (Wildman–Crippen LogP) is 1.63. The first-order chi connectivity index (χ1) is 8.06. The maximum Gasteiger partial charge on any atom is 0.230 e. The molecule has 0 saturated carbocycles. The molecule has 6 nitrogen and oxygen atoms in total. The van der Waals surface area contributed by atoms with Gasteiger partial charge in [0.15, 0.2) is 0 Å². The van der Waals surface area contributed by atoms with E-state index in [0.717, 1.165) is 16.3 Å². The van der Waals surface area contributed by atoms with Crippen molar-refractivity contribution in [1.82, 2.24) is 15.4 Å². The average molecular weight is 252 g/mol. The molecule has 90 valence electrons. The van der Waals surface area contributed by atoms with Gasteiger partial charge in [-0.05, 0) is 20.8 Å². The van der Waals surface area contributed by atoms with E-state index in [1.165, 1.54) is 11.3 Å². The minimum Gasteiger partial charge on any atom is -0.361 e. The van der Waals surface area contributed by atoms with E-state index in [1.807, 2.05) is 13.8 Å². The quantitative estimate of drug-likeness (QED) is 0.898. The molecule has 1 amide bonds. The first kappa shape index (κ1) is 11.7. The summed E-state index contributed by atoms with van der Waals surface area (Å²) in [6.07, 6.45) is 0.236. The van der Waals surface area contributed by atoms with Crippen molar-refractivity contribution in [2.24, 2.45) is 0 Å². The zero-order chi connectivity index (χ0) is 12.4. The SMILES string of the molecule is Cc1nnc(NC(=O)Cc2c(C)noc2C)s1. The Balaban J connectivity index is 2.03. The van der Waals surface area contributed by atoms with Crippen molar-refractivity contribution in [3.63, 3.8) is 0 Å². The second-order valence-electron chi connectivity index (χ2n) is 3.65. The Labute approximate surface area is 102 Å². The van der Waals surface area contributed by atoms with E-state index in [0.29, 0.717) is 10.9 Å². The smallest absolute Gasteiger partial charge is 0.230 e. The van der Waals surface area contributed by atoms with Crippen LogP contribution in [-0.4, -0.2) is 21.3 Å². The van der Waals surface area contributed by atoms with Crippen LogP contribution in [0.25, 0.3) is 0 Å². The van der Waals surface area contributed by atoms with Crippen LogP contribution >= 0.6 is 11.3 Å². The van der Waals surface area contributed by atoms with Crippen molar-refractivity contribution in [1.29, 1.82) is 0 Å². The third kappa shape index (κ3) is 2.68. The summed E-state index contributed by atoms with van der Waals surface area (Å²) in [7, 11) is 0. The van der Waals surface area contributed by atoms with Crippen molar-refractivity contribution in [3.8, 4) is 0 Å². The van der Waals surface area contributed by atoms with Crippen molar-refractivity contribution < 1.29 is 9.32 Å². The van der Waals surface area contributed by atoms with Gasteiger partial charge in [-0.15, -0.1) is 10.2 Å². The van der Waals surface area contributed by atoms with E-state index in [9.17, 15) is 4.79 Å². The molecule has 0 aliphatic rings. The monoisotopic (exact) mass is 252 g/mol. The number of carbonyl (C=O) groups is 1. The molecule has 2 aromatic heterocycles. The van der Waals surface area contributed by atoms with E-state index in [1.54, 1.807) is 6.92 Å². The molecule has 2 heterocycles. The average Bonchev–Trinajstić information content (AvgIpc) is 2.79. The van der Waals surface area contributed by atoms with Crippen LogP contribution in [0.4, 0.5) is 5.13 Å². The number of rotatable bonds is 3. The van der Waals surface area contributed by atoms with Gasteiger partial charge in [-0.1, -0.05) is 16.5 Å². The third-order valence-corrected chi connectivity index (χ3v) is 3.05. The third-order valence-electron chi connectivity index (χ3n) is 2.29. The molecular weight excluding hydrogens is 240 g/mol. The van der Waals surface area contributed by atoms with Crippen LogP contribution in [0.5, 0.6) is 0 Å². The van der Waals surface area contributed by atoms with Gasteiger partial charge in [0.1, 0.15) is 10.8 Å². The number of carbonyl (C=O) groups excluding carboxylic acids is 1. The van der Waals surface area contributed by atoms with Crippen LogP contribution in [0.2, 0.25) is 0 Å². The summed E-state index contributed by atoms with van der Waals surface area (Å²) >= 11 is 1.34. The van der Waals surface area contributed by atoms with Gasteiger partial charge in [0.05, 0.1) is 12.1 Å². The number of hydrogen-bond acceptors (Lipinski definition) is 6. The van der Waals surface area contributed by atoms with Gasteiger partial charge in [0, 0.05) is 5.56 Å². The molecular formula is C10H12N4O2S. The molecule has 17 heavy (non-hydrogen) atoms. The molecule has 0 unspecified atom stereocenters. The standard InChI is InChI=1S/C10H12N4O2S/c1-5-8(6(2)16-14-5)4-9(15)11-10-13-12-7(3)17-10/h4H2,1-3H3,(H,11,13,15). The summed E-state index contributed by atoms with van der Waals surface area (Å²) in [6.45, 7) is 5.44. The highest BCUT2D eigenvalue weighted by Crippen LogP contribution is 2.16. The molecule has 0 bridgehead atoms. The van der Waals surface area contributed by atoms with Gasteiger partial charge in [0.25, 0.3) is 0 Å². The van der Waals surface area contributed by atoms with Crippen molar-refractivity contribution in [2.45, 2.75) is 27.2 Å². The van der Waals surface area contributed by atoms with Crippen molar-refractivity contribution in [3.05, 3.63) is 22.0 Å². The predicted molar refractivity (Wildman–Crippen MR) is 63.0 cm³/mol. The first-order valence-corrected chi connectivity index (χ1v) is 5.89. The summed E-state index contributed by atoms with van der Waals surface area (Å²) in [4.78, 5) is 11.8. The second kappa shape index (κ2) is 4.62. The van der Waals surface area contributed by atoms with Crippen LogP contribution in [0, 0.1) is 20.8 Å². The van der Waals surface area contributed by atoms with E-state index in [4.69, 9.17) is 4.52 Å². The molecule has 0 aromatic carbocycles. The van der Waals surface area contributed by atoms with Gasteiger partial charge in [0.2, 0.25) is 11.0 Å². The fraction of sp³-hybridized carbons (Fsp3) is 0.400. The Morgan fingerprint density at radius 2 is 2.12 bits per heavy atom. The van der Waals surface area contributed by atoms with Crippen molar-refractivity contribution in [2.75, 3.05) is 5.32 Å². The minimum atomic E-state index is -0.143. The van der Waals surface area contributed by atoms with Crippen molar-refractivity contribution >= 4 is 22.4 Å². The molecule has 2 aromatic rings. The molecule has 2 rings (SSSR count). The fourth-order valence-corrected chi connectivity index (χ4v) is 2.03. The Morgan fingerprint density at radius 1 is 1.35 bits per heavy atom. The Bertz CT molecular complexity index is 527. The molecule has 0 aliphatic carbocycles. The molecule has 0 radical (unpaired) electrons. The highest BCUT2D eigenvalue weighted by atomic mass is 32.1. The van der Waals surface area contributed by atoms with Gasteiger partial charge in [-0.2, -0.15) is 0 Å². The molecule has 7 heteroatoms. The normalized spacial score (nSPS) is 10.5. The maximum atomic E-state index is 11.8. The number of hydrogen-bond donors (Lipinski definition) is 1. The molecule has 0 saturated heterocycles. The topological polar surface area (TPSA) is 80.9 Å². The summed E-state index contributed by atoms with van der Waals surface area (Å²) in [5.41, 5.74) is 1.56. The van der Waals surface area contributed by atoms with Gasteiger partial charge in [-0.3, -0.25) is 4.79 Å². The summed E-state index contributed by atoms with van der Waals surface area (Å²) in [5, 5.41) is 15.5. The Hall–Kier alpha value is -1.76. The summed E-state index contributed by atoms with van der Waals surface area (Å²) in [5.74, 6) is 0.529. The second-order valence-corrected chi connectivity index (χ2v) is 4.84. The number of aryl methyl sites for hydroxylation is 3. The highest BCUT2D eigenvalue weighted by Gasteiger charge is 2.14. The van der Waals surface area contributed by atoms with Crippen LogP contribution in [0.1, 0.15) is 22.0 Å². The molecule has 0 spiro atoms. The van der Waals surface area contributed by atoms with Crippen LogP contribution in [0.15, 0.2) is 4.52 Å². The van der Waals surface area contributed by atoms with Crippen LogP contribution < -0.4 is 5.32 Å². The first-order valence-electron chi connectivity index (χ1n) is 5.08. The van der Waals surface area contributed by atoms with Gasteiger partial charge < -0.3 is 9.84 Å². The van der Waals surface area contributed by atoms with E-state index < -0.39 is 0 Å². The lowest BCUT2D eigenvalue weighted by atomic mass is 10.1. The number of anilines is 1. The Morgan fingerprint density at radius 3 is 2.65 bits per heavy atom. The number of aromatic nitrogens is 3. The lowest BCUT2D eigenvalue weighted by Crippen LogP contribution is -2.15. The van der Waals surface area contributed by atoms with Crippen LogP contribution in [0.3, 0.4) is 0 Å². The van der Waals surface area contributed by atoms with Gasteiger partial charge in [-0.25, -0.2) is 0 Å². The number of nitrogens with one attached hydrogen (secondary N) is 1. The molecule has 0 aliphatic heterocycles. The highest BCUT2D eigenvalue weighted by molar-refractivity contribution is 7.15. The molecule has 1 N–H and O–H groups in total. The molecule has 0 fully saturated rings. The number of amides is 1. The minimum absolute atomic E-state index is 0.143. The molecule has 0 atom stereocenters. The van der Waals surface area contributed by atoms with E-state index in [-0.39, 0.29) is 12.3 Å². The van der Waals surface area contributed by atoms with E-state index in [2.05, 4.69) is 20.7 Å². The van der Waals surface area contributed by atoms with Gasteiger partial charge >= 0.3 is 0 Å². The Kier molecular flexibility index (Phi) is 3.19. The zero-order valence-corrected chi connectivity index (χ0v) is 10.6. The number of nitrogens with zero attached hydrogens (tertiary/aromatic N) is 3. The largest absolute Gasteiger partial charge is 0.361 e. The lowest BCUT2D eigenvalue weighted by Gasteiger charge is -2.00. The summed E-state index contributed by atoms with van der Waals surface area (Å²) in [6, 6.07) is 0. The van der Waals surface area contributed by atoms with Crippen LogP contribution in [-0.2, 0) is 11.2 Å². The lowest BCUT2D eigenvalue weighted by molar-refractivity contribution is -0.115.